The highest BCUT2D eigenvalue weighted by atomic mass is 16.3. The number of nitrogens with one attached hydrogen (secondary N) is 1. The number of hydrogen-bond donors (Lipinski definition) is 2. The summed E-state index contributed by atoms with van der Waals surface area (Å²) in [4.78, 5) is 0. The second-order valence-electron chi connectivity index (χ2n) is 2.89. The molecule has 0 aromatic carbocycles. The molecule has 2 heteroatoms. The summed E-state index contributed by atoms with van der Waals surface area (Å²) < 4.78 is 0. The molecular weight excluding hydrogens is 114 g/mol. The summed E-state index contributed by atoms with van der Waals surface area (Å²) >= 11 is 0. The fourth-order valence-corrected chi connectivity index (χ4v) is 0.950. The molecule has 2 N–H and O–H groups in total. The Labute approximate surface area is 56.3 Å². The Balaban J connectivity index is 1.91. The first kappa shape index (κ1) is 7.03. The maximum atomic E-state index is 8.86. The van der Waals surface area contributed by atoms with E-state index in [4.69, 9.17) is 5.11 Å². The fourth-order valence-electron chi connectivity index (χ4n) is 0.950. The lowest BCUT2D eigenvalue weighted by Gasteiger charge is -2.27. The number of rotatable bonds is 3. The standard InChI is InChI=1S/C7H15NO/c1-6(9)5-8-7-3-2-4-7/h6-9H,2-5H2,1H3/t6-/m0/s1. The van der Waals surface area contributed by atoms with Crippen molar-refractivity contribution in [1.29, 1.82) is 0 Å². The van der Waals surface area contributed by atoms with Gasteiger partial charge in [-0.15, -0.1) is 0 Å². The van der Waals surface area contributed by atoms with Gasteiger partial charge in [-0.3, -0.25) is 0 Å². The minimum absolute atomic E-state index is 0.189. The number of hydrogen-bond acceptors (Lipinski definition) is 2. The van der Waals surface area contributed by atoms with Crippen LogP contribution in [-0.2, 0) is 0 Å². The summed E-state index contributed by atoms with van der Waals surface area (Å²) in [5, 5.41) is 12.1. The van der Waals surface area contributed by atoms with E-state index < -0.39 is 0 Å². The average molecular weight is 129 g/mol. The SMILES string of the molecule is C[C@H](O)CNC1CCC1. The lowest BCUT2D eigenvalue weighted by molar-refractivity contribution is 0.176. The van der Waals surface area contributed by atoms with E-state index in [2.05, 4.69) is 5.32 Å². The Bertz CT molecular complexity index is 79.0. The van der Waals surface area contributed by atoms with Crippen LogP contribution in [0.3, 0.4) is 0 Å². The molecule has 2 nitrogen and oxygen atoms in total. The van der Waals surface area contributed by atoms with Crippen LogP contribution < -0.4 is 5.32 Å². The minimum Gasteiger partial charge on any atom is -0.392 e. The molecule has 0 heterocycles. The van der Waals surface area contributed by atoms with Gasteiger partial charge in [0.15, 0.2) is 0 Å². The summed E-state index contributed by atoms with van der Waals surface area (Å²) in [6, 6.07) is 0.708. The molecule has 54 valence electrons. The van der Waals surface area contributed by atoms with E-state index in [1.165, 1.54) is 19.3 Å². The molecule has 1 fully saturated rings. The van der Waals surface area contributed by atoms with Crippen molar-refractivity contribution in [2.75, 3.05) is 6.54 Å². The highest BCUT2D eigenvalue weighted by Crippen LogP contribution is 2.17. The molecule has 1 saturated carbocycles. The van der Waals surface area contributed by atoms with Gasteiger partial charge < -0.3 is 10.4 Å². The predicted molar refractivity (Wildman–Crippen MR) is 37.3 cm³/mol. The van der Waals surface area contributed by atoms with E-state index >= 15 is 0 Å². The van der Waals surface area contributed by atoms with Gasteiger partial charge in [-0.2, -0.15) is 0 Å². The summed E-state index contributed by atoms with van der Waals surface area (Å²) in [5.41, 5.74) is 0. The Morgan fingerprint density at radius 1 is 1.67 bits per heavy atom. The third-order valence-corrected chi connectivity index (χ3v) is 1.81. The topological polar surface area (TPSA) is 32.3 Å². The second-order valence-corrected chi connectivity index (χ2v) is 2.89. The average Bonchev–Trinajstić information content (AvgIpc) is 1.60. The minimum atomic E-state index is -0.189. The van der Waals surface area contributed by atoms with Gasteiger partial charge in [0.2, 0.25) is 0 Å². The maximum Gasteiger partial charge on any atom is 0.0636 e. The molecule has 0 aromatic heterocycles. The third kappa shape index (κ3) is 2.33. The van der Waals surface area contributed by atoms with Crippen LogP contribution in [-0.4, -0.2) is 23.8 Å². The normalized spacial score (nSPS) is 23.3. The van der Waals surface area contributed by atoms with Crippen molar-refractivity contribution in [3.05, 3.63) is 0 Å². The lowest BCUT2D eigenvalue weighted by atomic mass is 9.93. The highest BCUT2D eigenvalue weighted by molar-refractivity contribution is 4.76. The Morgan fingerprint density at radius 2 is 2.33 bits per heavy atom. The zero-order valence-corrected chi connectivity index (χ0v) is 5.93. The van der Waals surface area contributed by atoms with Crippen molar-refractivity contribution < 1.29 is 5.11 Å². The molecule has 1 aliphatic carbocycles. The van der Waals surface area contributed by atoms with E-state index in [0.29, 0.717) is 6.04 Å². The maximum absolute atomic E-state index is 8.86. The molecule has 9 heavy (non-hydrogen) atoms. The summed E-state index contributed by atoms with van der Waals surface area (Å²) in [5.74, 6) is 0. The van der Waals surface area contributed by atoms with E-state index in [1.807, 2.05) is 6.92 Å². The molecule has 1 atom stereocenters. The molecule has 0 bridgehead atoms. The van der Waals surface area contributed by atoms with Gasteiger partial charge in [0, 0.05) is 12.6 Å². The van der Waals surface area contributed by atoms with Gasteiger partial charge in [-0.1, -0.05) is 6.42 Å². The first-order chi connectivity index (χ1) is 4.29. The molecule has 0 unspecified atom stereocenters. The van der Waals surface area contributed by atoms with E-state index in [-0.39, 0.29) is 6.10 Å². The van der Waals surface area contributed by atoms with Gasteiger partial charge in [-0.25, -0.2) is 0 Å². The van der Waals surface area contributed by atoms with Crippen LogP contribution in [0.4, 0.5) is 0 Å². The quantitative estimate of drug-likeness (QED) is 0.582. The van der Waals surface area contributed by atoms with Crippen molar-refractivity contribution in [3.8, 4) is 0 Å². The zero-order valence-electron chi connectivity index (χ0n) is 5.93. The number of aliphatic hydroxyl groups excluding tert-OH is 1. The van der Waals surface area contributed by atoms with Gasteiger partial charge in [-0.05, 0) is 19.8 Å². The van der Waals surface area contributed by atoms with Gasteiger partial charge in [0.25, 0.3) is 0 Å². The van der Waals surface area contributed by atoms with Crippen molar-refractivity contribution >= 4 is 0 Å². The van der Waals surface area contributed by atoms with E-state index in [1.54, 1.807) is 0 Å². The van der Waals surface area contributed by atoms with Gasteiger partial charge in [0.05, 0.1) is 6.10 Å². The van der Waals surface area contributed by atoms with Crippen LogP contribution in [0, 0.1) is 0 Å². The molecule has 0 saturated heterocycles. The molecule has 1 aliphatic rings. The predicted octanol–water partition coefficient (Wildman–Crippen LogP) is 0.509. The van der Waals surface area contributed by atoms with Crippen LogP contribution in [0.2, 0.25) is 0 Å². The number of aliphatic hydroxyl groups is 1. The molecule has 0 amide bonds. The molecule has 1 rings (SSSR count). The molecule has 0 aliphatic heterocycles. The first-order valence-corrected chi connectivity index (χ1v) is 3.70. The second kappa shape index (κ2) is 3.18. The van der Waals surface area contributed by atoms with E-state index in [9.17, 15) is 0 Å². The highest BCUT2D eigenvalue weighted by Gasteiger charge is 2.16. The third-order valence-electron chi connectivity index (χ3n) is 1.81. The molecular formula is C7H15NO. The molecule has 0 radical (unpaired) electrons. The van der Waals surface area contributed by atoms with Crippen molar-refractivity contribution in [1.82, 2.24) is 5.32 Å². The van der Waals surface area contributed by atoms with Gasteiger partial charge in [0.1, 0.15) is 0 Å². The smallest absolute Gasteiger partial charge is 0.0636 e. The Hall–Kier alpha value is -0.0800. The monoisotopic (exact) mass is 129 g/mol. The van der Waals surface area contributed by atoms with Crippen LogP contribution in [0.25, 0.3) is 0 Å². The lowest BCUT2D eigenvalue weighted by Crippen LogP contribution is -2.38. The molecule has 0 spiro atoms. The summed E-state index contributed by atoms with van der Waals surface area (Å²) in [6.45, 7) is 2.57. The van der Waals surface area contributed by atoms with E-state index in [0.717, 1.165) is 6.54 Å². The Kier molecular flexibility index (Phi) is 2.49. The first-order valence-electron chi connectivity index (χ1n) is 3.70. The van der Waals surface area contributed by atoms with Crippen LogP contribution in [0.1, 0.15) is 26.2 Å². The largest absolute Gasteiger partial charge is 0.392 e. The Morgan fingerprint density at radius 3 is 2.67 bits per heavy atom. The summed E-state index contributed by atoms with van der Waals surface area (Å²) in [7, 11) is 0. The fraction of sp³-hybridized carbons (Fsp3) is 1.00. The molecule has 0 aromatic rings. The van der Waals surface area contributed by atoms with Crippen molar-refractivity contribution in [2.45, 2.75) is 38.3 Å². The van der Waals surface area contributed by atoms with Crippen molar-refractivity contribution in [2.24, 2.45) is 0 Å². The van der Waals surface area contributed by atoms with Crippen LogP contribution >= 0.6 is 0 Å². The van der Waals surface area contributed by atoms with Crippen LogP contribution in [0.5, 0.6) is 0 Å². The van der Waals surface area contributed by atoms with Crippen molar-refractivity contribution in [3.63, 3.8) is 0 Å². The van der Waals surface area contributed by atoms with Crippen LogP contribution in [0.15, 0.2) is 0 Å². The van der Waals surface area contributed by atoms with Gasteiger partial charge >= 0.3 is 0 Å². The zero-order chi connectivity index (χ0) is 6.69. The summed E-state index contributed by atoms with van der Waals surface area (Å²) in [6.07, 6.45) is 3.77.